The Bertz CT molecular complexity index is 741. The molecule has 0 fully saturated rings. The molecule has 24 heavy (non-hydrogen) atoms. The highest BCUT2D eigenvalue weighted by Crippen LogP contribution is 2.21. The zero-order valence-electron chi connectivity index (χ0n) is 13.7. The van der Waals surface area contributed by atoms with Crippen LogP contribution in [0.3, 0.4) is 0 Å². The number of carboxylic acid groups (broad SMARTS) is 1. The molecule has 1 amide bonds. The lowest BCUT2D eigenvalue weighted by molar-refractivity contribution is -0.143. The largest absolute Gasteiger partial charge is 0.481 e. The van der Waals surface area contributed by atoms with Crippen LogP contribution in [0.4, 0.5) is 5.69 Å². The third-order valence-corrected chi connectivity index (χ3v) is 4.69. The van der Waals surface area contributed by atoms with Gasteiger partial charge in [0, 0.05) is 16.6 Å². The lowest BCUT2D eigenvalue weighted by Gasteiger charge is -2.13. The van der Waals surface area contributed by atoms with Crippen molar-refractivity contribution >= 4 is 33.5 Å². The Morgan fingerprint density at radius 1 is 1.12 bits per heavy atom. The molecule has 0 radical (unpaired) electrons. The average molecular weight is 390 g/mol. The third kappa shape index (κ3) is 5.20. The Labute approximate surface area is 150 Å². The quantitative estimate of drug-likeness (QED) is 0.771. The Morgan fingerprint density at radius 3 is 2.38 bits per heavy atom. The minimum atomic E-state index is -0.962. The Morgan fingerprint density at radius 2 is 1.79 bits per heavy atom. The van der Waals surface area contributed by atoms with Gasteiger partial charge >= 0.3 is 5.97 Å². The first-order chi connectivity index (χ1) is 11.3. The second-order valence-corrected chi connectivity index (χ2v) is 6.80. The van der Waals surface area contributed by atoms with Crippen molar-refractivity contribution in [2.75, 3.05) is 5.32 Å². The van der Waals surface area contributed by atoms with Gasteiger partial charge in [-0.25, -0.2) is 0 Å². The molecule has 2 aromatic carbocycles. The zero-order chi connectivity index (χ0) is 17.7. The molecular formula is C19H20BrNO3. The number of halogens is 1. The number of carbonyl (C=O) groups excluding carboxylic acids is 1. The summed E-state index contributed by atoms with van der Waals surface area (Å²) in [6.45, 7) is 3.93. The highest BCUT2D eigenvalue weighted by atomic mass is 79.9. The van der Waals surface area contributed by atoms with Crippen LogP contribution in [0.15, 0.2) is 46.9 Å². The minimum absolute atomic E-state index is 0.0608. The van der Waals surface area contributed by atoms with Crippen LogP contribution in [0.1, 0.15) is 23.1 Å². The summed E-state index contributed by atoms with van der Waals surface area (Å²) in [5.41, 5.74) is 3.75. The van der Waals surface area contributed by atoms with Crippen molar-refractivity contribution in [2.24, 2.45) is 5.92 Å². The molecule has 0 bridgehead atoms. The number of rotatable bonds is 6. The fourth-order valence-corrected chi connectivity index (χ4v) is 2.74. The third-order valence-electron chi connectivity index (χ3n) is 3.84. The van der Waals surface area contributed by atoms with E-state index in [1.54, 1.807) is 6.07 Å². The highest BCUT2D eigenvalue weighted by molar-refractivity contribution is 9.10. The molecule has 0 aliphatic heterocycles. The van der Waals surface area contributed by atoms with Crippen molar-refractivity contribution in [3.8, 4) is 0 Å². The Balaban J connectivity index is 2.01. The number of aliphatic carboxylic acids is 1. The molecule has 0 heterocycles. The summed E-state index contributed by atoms with van der Waals surface area (Å²) in [5.74, 6) is -2.01. The van der Waals surface area contributed by atoms with Crippen LogP contribution in [0.2, 0.25) is 0 Å². The molecule has 0 saturated carbocycles. The molecule has 1 atom stereocenters. The molecule has 0 spiro atoms. The number of amides is 1. The second-order valence-electron chi connectivity index (χ2n) is 5.94. The smallest absolute Gasteiger partial charge is 0.307 e. The Kier molecular flexibility index (Phi) is 6.15. The normalized spacial score (nSPS) is 11.8. The first kappa shape index (κ1) is 18.2. The summed E-state index contributed by atoms with van der Waals surface area (Å²) >= 11 is 3.41. The number of anilines is 1. The summed E-state index contributed by atoms with van der Waals surface area (Å²) in [7, 11) is 0. The monoisotopic (exact) mass is 389 g/mol. The van der Waals surface area contributed by atoms with E-state index in [4.69, 9.17) is 0 Å². The van der Waals surface area contributed by atoms with Gasteiger partial charge < -0.3 is 10.4 Å². The van der Waals surface area contributed by atoms with Gasteiger partial charge in [0.05, 0.1) is 5.92 Å². The van der Waals surface area contributed by atoms with Crippen molar-refractivity contribution in [3.63, 3.8) is 0 Å². The van der Waals surface area contributed by atoms with Crippen LogP contribution in [0.5, 0.6) is 0 Å². The molecule has 0 saturated heterocycles. The maximum absolute atomic E-state index is 12.2. The van der Waals surface area contributed by atoms with E-state index in [1.165, 1.54) is 0 Å². The number of hydrogen-bond acceptors (Lipinski definition) is 2. The number of hydrogen-bond donors (Lipinski definition) is 2. The number of nitrogens with one attached hydrogen (secondary N) is 1. The van der Waals surface area contributed by atoms with Gasteiger partial charge in [-0.15, -0.1) is 0 Å². The summed E-state index contributed by atoms with van der Waals surface area (Å²) in [5, 5.41) is 12.2. The molecule has 0 aliphatic carbocycles. The number of benzene rings is 2. The molecular weight excluding hydrogens is 370 g/mol. The lowest BCUT2D eigenvalue weighted by atomic mass is 9.95. The van der Waals surface area contributed by atoms with Crippen molar-refractivity contribution in [2.45, 2.75) is 26.7 Å². The average Bonchev–Trinajstić information content (AvgIpc) is 2.52. The molecule has 0 aromatic heterocycles. The molecule has 1 unspecified atom stereocenters. The predicted octanol–water partition coefficient (Wildman–Crippen LogP) is 4.34. The fourth-order valence-electron chi connectivity index (χ4n) is 2.36. The van der Waals surface area contributed by atoms with Gasteiger partial charge in [0.1, 0.15) is 0 Å². The lowest BCUT2D eigenvalue weighted by Crippen LogP contribution is -2.24. The van der Waals surface area contributed by atoms with Gasteiger partial charge in [-0.05, 0) is 43.5 Å². The number of aryl methyl sites for hydroxylation is 2. The maximum Gasteiger partial charge on any atom is 0.307 e. The summed E-state index contributed by atoms with van der Waals surface area (Å²) in [6, 6.07) is 13.2. The second kappa shape index (κ2) is 8.11. The van der Waals surface area contributed by atoms with E-state index in [1.807, 2.05) is 50.2 Å². The molecule has 2 aromatic rings. The van der Waals surface area contributed by atoms with Crippen molar-refractivity contribution in [1.82, 2.24) is 0 Å². The van der Waals surface area contributed by atoms with Crippen LogP contribution in [0.25, 0.3) is 0 Å². The molecule has 0 aliphatic rings. The van der Waals surface area contributed by atoms with Gasteiger partial charge in [0.15, 0.2) is 0 Å². The summed E-state index contributed by atoms with van der Waals surface area (Å²) < 4.78 is 0.898. The van der Waals surface area contributed by atoms with Gasteiger partial charge in [-0.3, -0.25) is 9.59 Å². The van der Waals surface area contributed by atoms with Crippen LogP contribution in [0, 0.1) is 19.8 Å². The van der Waals surface area contributed by atoms with E-state index in [9.17, 15) is 14.7 Å². The van der Waals surface area contributed by atoms with E-state index in [2.05, 4.69) is 21.2 Å². The van der Waals surface area contributed by atoms with E-state index < -0.39 is 11.9 Å². The predicted molar refractivity (Wildman–Crippen MR) is 98.1 cm³/mol. The molecule has 2 rings (SSSR count). The standard InChI is InChI=1S/C19H20BrNO3/c1-12-3-6-14(7-4-12)9-15(19(23)24)10-18(22)21-16-8-5-13(2)17(20)11-16/h3-8,11,15H,9-10H2,1-2H3,(H,21,22)(H,23,24). The van der Waals surface area contributed by atoms with E-state index >= 15 is 0 Å². The van der Waals surface area contributed by atoms with Crippen molar-refractivity contribution in [3.05, 3.63) is 63.6 Å². The fraction of sp³-hybridized carbons (Fsp3) is 0.263. The molecule has 2 N–H and O–H groups in total. The summed E-state index contributed by atoms with van der Waals surface area (Å²) in [4.78, 5) is 23.6. The van der Waals surface area contributed by atoms with Crippen LogP contribution >= 0.6 is 15.9 Å². The van der Waals surface area contributed by atoms with Gasteiger partial charge in [0.25, 0.3) is 0 Å². The van der Waals surface area contributed by atoms with E-state index in [-0.39, 0.29) is 12.3 Å². The van der Waals surface area contributed by atoms with E-state index in [0.29, 0.717) is 12.1 Å². The van der Waals surface area contributed by atoms with Crippen molar-refractivity contribution in [1.29, 1.82) is 0 Å². The van der Waals surface area contributed by atoms with Gasteiger partial charge in [-0.2, -0.15) is 0 Å². The first-order valence-electron chi connectivity index (χ1n) is 7.69. The van der Waals surface area contributed by atoms with Crippen LogP contribution in [-0.4, -0.2) is 17.0 Å². The van der Waals surface area contributed by atoms with Crippen molar-refractivity contribution < 1.29 is 14.7 Å². The number of carboxylic acids is 1. The molecule has 126 valence electrons. The zero-order valence-corrected chi connectivity index (χ0v) is 15.3. The topological polar surface area (TPSA) is 66.4 Å². The summed E-state index contributed by atoms with van der Waals surface area (Å²) in [6.07, 6.45) is 0.273. The number of carbonyl (C=O) groups is 2. The highest BCUT2D eigenvalue weighted by Gasteiger charge is 2.22. The minimum Gasteiger partial charge on any atom is -0.481 e. The van der Waals surface area contributed by atoms with Gasteiger partial charge in [0.2, 0.25) is 5.91 Å². The first-order valence-corrected chi connectivity index (χ1v) is 8.49. The molecule has 4 nitrogen and oxygen atoms in total. The van der Waals surface area contributed by atoms with E-state index in [0.717, 1.165) is 21.2 Å². The Hall–Kier alpha value is -2.14. The van der Waals surface area contributed by atoms with Crippen LogP contribution in [-0.2, 0) is 16.0 Å². The SMILES string of the molecule is Cc1ccc(CC(CC(=O)Nc2ccc(C)c(Br)c2)C(=O)O)cc1. The van der Waals surface area contributed by atoms with Crippen LogP contribution < -0.4 is 5.32 Å². The maximum atomic E-state index is 12.2. The molecule has 5 heteroatoms. The van der Waals surface area contributed by atoms with Gasteiger partial charge in [-0.1, -0.05) is 51.8 Å².